The van der Waals surface area contributed by atoms with Gasteiger partial charge in [-0.15, -0.1) is 0 Å². The number of halogens is 6. The number of carbonyl (C=O) groups is 1. The number of hydrogen-bond acceptors (Lipinski definition) is 5. The lowest BCUT2D eigenvalue weighted by molar-refractivity contribution is -0.376. The Kier molecular flexibility index (Phi) is 5.39. The van der Waals surface area contributed by atoms with E-state index in [-0.39, 0.29) is 22.6 Å². The molecule has 0 bridgehead atoms. The summed E-state index contributed by atoms with van der Waals surface area (Å²) in [4.78, 5) is 12.4. The zero-order valence-corrected chi connectivity index (χ0v) is 17.0. The van der Waals surface area contributed by atoms with Gasteiger partial charge in [0, 0.05) is 18.4 Å². The molecule has 2 aromatic carbocycles. The van der Waals surface area contributed by atoms with Crippen LogP contribution in [0.25, 0.3) is 0 Å². The summed E-state index contributed by atoms with van der Waals surface area (Å²) in [6.07, 6.45) is -11.2. The lowest BCUT2D eigenvalue weighted by atomic mass is 9.81. The summed E-state index contributed by atoms with van der Waals surface area (Å²) in [5.41, 5.74) is -2.44. The molecular weight excluding hydrogens is 466 g/mol. The first-order valence-corrected chi connectivity index (χ1v) is 10.7. The third-order valence-electron chi connectivity index (χ3n) is 5.38. The largest absolute Gasteiger partial charge is 0.430 e. The second-order valence-corrected chi connectivity index (χ2v) is 9.36. The van der Waals surface area contributed by atoms with Crippen molar-refractivity contribution >= 4 is 15.7 Å². The maximum atomic E-state index is 13.1. The first kappa shape index (κ1) is 24.0. The molecule has 0 aliphatic carbocycles. The van der Waals surface area contributed by atoms with Crippen LogP contribution in [-0.2, 0) is 32.3 Å². The van der Waals surface area contributed by atoms with Gasteiger partial charge in [-0.05, 0) is 28.8 Å². The minimum absolute atomic E-state index is 0.0432. The molecule has 2 aromatic rings. The molecule has 0 fully saturated rings. The molecule has 1 aliphatic heterocycles. The molecule has 6 nitrogen and oxygen atoms in total. The minimum Gasteiger partial charge on any atom is -0.369 e. The van der Waals surface area contributed by atoms with Gasteiger partial charge in [0.2, 0.25) is 5.91 Å². The monoisotopic (exact) mass is 482 g/mol. The molecule has 3 rings (SSSR count). The number of nitrogens with two attached hydrogens (primary N) is 1. The van der Waals surface area contributed by atoms with Gasteiger partial charge in [-0.3, -0.25) is 10.1 Å². The summed E-state index contributed by atoms with van der Waals surface area (Å²) in [6, 6.07) is 6.25. The molecule has 4 N–H and O–H groups in total. The molecule has 174 valence electrons. The highest BCUT2D eigenvalue weighted by molar-refractivity contribution is 7.90. The minimum atomic E-state index is -6.06. The van der Waals surface area contributed by atoms with Gasteiger partial charge in [-0.2, -0.15) is 26.3 Å². The van der Waals surface area contributed by atoms with Gasteiger partial charge in [-0.25, -0.2) is 8.42 Å². The van der Waals surface area contributed by atoms with Crippen molar-refractivity contribution in [1.82, 2.24) is 5.32 Å². The third kappa shape index (κ3) is 3.44. The summed E-state index contributed by atoms with van der Waals surface area (Å²) < 4.78 is 102. The fourth-order valence-electron chi connectivity index (χ4n) is 3.70. The van der Waals surface area contributed by atoms with Crippen molar-refractivity contribution in [2.45, 2.75) is 34.9 Å². The fraction of sp³-hybridized carbons (Fsp3) is 0.316. The molecule has 1 amide bonds. The molecule has 13 heteroatoms. The van der Waals surface area contributed by atoms with E-state index in [4.69, 9.17) is 5.73 Å². The van der Waals surface area contributed by atoms with E-state index in [0.29, 0.717) is 17.7 Å². The van der Waals surface area contributed by atoms with Crippen molar-refractivity contribution in [1.29, 1.82) is 0 Å². The maximum absolute atomic E-state index is 13.1. The highest BCUT2D eigenvalue weighted by atomic mass is 32.2. The number of fused-ring (bicyclic) bond motifs is 1. The van der Waals surface area contributed by atoms with Crippen LogP contribution in [0.3, 0.4) is 0 Å². The van der Waals surface area contributed by atoms with Crippen LogP contribution in [0.1, 0.15) is 22.3 Å². The summed E-state index contributed by atoms with van der Waals surface area (Å²) in [6.45, 7) is -0.0432. The highest BCUT2D eigenvalue weighted by Crippen LogP contribution is 2.50. The molecule has 1 aliphatic rings. The summed E-state index contributed by atoms with van der Waals surface area (Å²) in [5.74, 6) is -1.02. The van der Waals surface area contributed by atoms with E-state index in [1.54, 1.807) is 0 Å². The van der Waals surface area contributed by atoms with E-state index < -0.39 is 44.8 Å². The van der Waals surface area contributed by atoms with Crippen LogP contribution in [0.5, 0.6) is 0 Å². The van der Waals surface area contributed by atoms with E-state index in [1.165, 1.54) is 18.2 Å². The molecule has 32 heavy (non-hydrogen) atoms. The Morgan fingerprint density at radius 1 is 1.03 bits per heavy atom. The van der Waals surface area contributed by atoms with Gasteiger partial charge in [-0.1, -0.05) is 30.3 Å². The lowest BCUT2D eigenvalue weighted by Gasteiger charge is -2.33. The first-order valence-electron chi connectivity index (χ1n) is 8.81. The van der Waals surface area contributed by atoms with Gasteiger partial charge < -0.3 is 10.8 Å². The fourth-order valence-corrected chi connectivity index (χ4v) is 4.38. The Balaban J connectivity index is 2.15. The first-order chi connectivity index (χ1) is 14.5. The van der Waals surface area contributed by atoms with Crippen molar-refractivity contribution < 1.29 is 44.7 Å². The number of carbonyl (C=O) groups excluding carboxylic acids is 1. The van der Waals surface area contributed by atoms with E-state index in [1.807, 2.05) is 0 Å². The Morgan fingerprint density at radius 2 is 1.56 bits per heavy atom. The van der Waals surface area contributed by atoms with Crippen LogP contribution in [-0.4, -0.2) is 38.0 Å². The lowest BCUT2D eigenvalue weighted by Crippen LogP contribution is -2.54. The number of nitrogens with one attached hydrogen (secondary N) is 1. The van der Waals surface area contributed by atoms with Gasteiger partial charge >= 0.3 is 12.4 Å². The number of aliphatic hydroxyl groups is 1. The second kappa shape index (κ2) is 7.18. The van der Waals surface area contributed by atoms with Gasteiger partial charge in [0.15, 0.2) is 9.84 Å². The van der Waals surface area contributed by atoms with Crippen LogP contribution in [0.2, 0.25) is 0 Å². The zero-order valence-electron chi connectivity index (χ0n) is 16.2. The van der Waals surface area contributed by atoms with Crippen LogP contribution in [0.4, 0.5) is 26.3 Å². The average Bonchev–Trinajstić information content (AvgIpc) is 3.05. The number of primary amides is 1. The summed E-state index contributed by atoms with van der Waals surface area (Å²) in [5, 5.41) is 12.3. The summed E-state index contributed by atoms with van der Waals surface area (Å²) >= 11 is 0. The standard InChI is InChI=1S/C19H16F6N2O4S/c1-32(30,31)13-6-7-14-10(8-13)9-27-16(14,15(26)28)11-2-4-12(5-3-11)17(29,18(20,21)22)19(23,24)25/h2-8,27,29H,9H2,1H3,(H2,26,28). The van der Waals surface area contributed by atoms with Gasteiger partial charge in [0.05, 0.1) is 4.90 Å². The molecule has 1 heterocycles. The number of alkyl halides is 6. The van der Waals surface area contributed by atoms with Crippen LogP contribution < -0.4 is 11.1 Å². The number of amides is 1. The normalized spacial score (nSPS) is 19.6. The van der Waals surface area contributed by atoms with Crippen molar-refractivity contribution in [2.24, 2.45) is 5.73 Å². The SMILES string of the molecule is CS(=O)(=O)c1ccc2c(c1)CNC2(C(N)=O)c1ccc(C(O)(C(F)(F)F)C(F)(F)F)cc1. The molecule has 0 saturated carbocycles. The molecular formula is C19H16F6N2O4S. The summed E-state index contributed by atoms with van der Waals surface area (Å²) in [7, 11) is -3.58. The Morgan fingerprint density at radius 3 is 2.00 bits per heavy atom. The zero-order chi connectivity index (χ0) is 24.3. The molecule has 1 unspecified atom stereocenters. The van der Waals surface area contributed by atoms with E-state index in [0.717, 1.165) is 18.4 Å². The van der Waals surface area contributed by atoms with Gasteiger partial charge in [0.25, 0.3) is 5.60 Å². The van der Waals surface area contributed by atoms with E-state index in [2.05, 4.69) is 5.32 Å². The number of sulfone groups is 1. The Bertz CT molecular complexity index is 1160. The maximum Gasteiger partial charge on any atom is 0.430 e. The molecule has 0 aromatic heterocycles. The van der Waals surface area contributed by atoms with E-state index >= 15 is 0 Å². The third-order valence-corrected chi connectivity index (χ3v) is 6.49. The molecule has 1 atom stereocenters. The molecule has 0 saturated heterocycles. The van der Waals surface area contributed by atoms with E-state index in [9.17, 15) is 44.7 Å². The quantitative estimate of drug-likeness (QED) is 0.580. The van der Waals surface area contributed by atoms with Crippen LogP contribution in [0, 0.1) is 0 Å². The van der Waals surface area contributed by atoms with Crippen LogP contribution in [0.15, 0.2) is 47.4 Å². The Labute approximate surface area is 178 Å². The van der Waals surface area contributed by atoms with Crippen molar-refractivity contribution in [3.8, 4) is 0 Å². The van der Waals surface area contributed by atoms with Crippen molar-refractivity contribution in [2.75, 3.05) is 6.26 Å². The van der Waals surface area contributed by atoms with Crippen molar-refractivity contribution in [3.63, 3.8) is 0 Å². The molecule has 0 radical (unpaired) electrons. The molecule has 0 spiro atoms. The highest BCUT2D eigenvalue weighted by Gasteiger charge is 2.71. The van der Waals surface area contributed by atoms with Gasteiger partial charge in [0.1, 0.15) is 5.54 Å². The topological polar surface area (TPSA) is 109 Å². The Hall–Kier alpha value is -2.64. The average molecular weight is 482 g/mol. The number of hydrogen-bond donors (Lipinski definition) is 3. The number of rotatable bonds is 4. The number of benzene rings is 2. The van der Waals surface area contributed by atoms with Crippen LogP contribution >= 0.6 is 0 Å². The predicted molar refractivity (Wildman–Crippen MR) is 98.8 cm³/mol. The predicted octanol–water partition coefficient (Wildman–Crippen LogP) is 2.23. The second-order valence-electron chi connectivity index (χ2n) is 7.34. The van der Waals surface area contributed by atoms with Crippen molar-refractivity contribution in [3.05, 3.63) is 64.7 Å². The smallest absolute Gasteiger partial charge is 0.369 e.